The molecule has 0 aliphatic carbocycles. The van der Waals surface area contributed by atoms with Crippen LogP contribution in [0.5, 0.6) is 0 Å². The van der Waals surface area contributed by atoms with Gasteiger partial charge in [0.05, 0.1) is 0 Å². The van der Waals surface area contributed by atoms with E-state index in [0.29, 0.717) is 12.0 Å². The summed E-state index contributed by atoms with van der Waals surface area (Å²) in [5.41, 5.74) is 1.47. The van der Waals surface area contributed by atoms with Crippen molar-refractivity contribution < 1.29 is 5.11 Å². The lowest BCUT2D eigenvalue weighted by molar-refractivity contribution is 0.228. The van der Waals surface area contributed by atoms with Gasteiger partial charge in [-0.15, -0.1) is 0 Å². The quantitative estimate of drug-likeness (QED) is 0.764. The molecule has 1 fully saturated rings. The average Bonchev–Trinajstić information content (AvgIpc) is 2.94. The largest absolute Gasteiger partial charge is 0.396 e. The molecule has 0 aromatic heterocycles. The second kappa shape index (κ2) is 8.40. The zero-order chi connectivity index (χ0) is 14.2. The van der Waals surface area contributed by atoms with E-state index in [-0.39, 0.29) is 6.61 Å². The molecular weight excluding hydrogens is 248 g/mol. The molecule has 0 spiro atoms. The van der Waals surface area contributed by atoms with Crippen LogP contribution in [0.4, 0.5) is 0 Å². The summed E-state index contributed by atoms with van der Waals surface area (Å²) in [5, 5.41) is 12.7. The second-order valence-electron chi connectivity index (χ2n) is 5.82. The molecule has 0 bridgehead atoms. The Morgan fingerprint density at radius 3 is 2.85 bits per heavy atom. The van der Waals surface area contributed by atoms with Gasteiger partial charge >= 0.3 is 0 Å². The minimum absolute atomic E-state index is 0.275. The Bertz CT molecular complexity index is 369. The highest BCUT2D eigenvalue weighted by atomic mass is 16.3. The normalized spacial score (nSPS) is 21.2. The zero-order valence-electron chi connectivity index (χ0n) is 12.6. The van der Waals surface area contributed by atoms with Crippen molar-refractivity contribution in [3.63, 3.8) is 0 Å². The fourth-order valence-corrected chi connectivity index (χ4v) is 3.07. The standard InChI is InChI=1S/C17H28N2O/c1-2-10-18-17(9-12-20)14-19-11-8-16(13-19)15-6-4-3-5-7-15/h3-7,16-18,20H,2,8-14H2,1H3. The van der Waals surface area contributed by atoms with E-state index in [4.69, 9.17) is 0 Å². The number of nitrogens with zero attached hydrogens (tertiary/aromatic N) is 1. The first-order valence-corrected chi connectivity index (χ1v) is 7.95. The van der Waals surface area contributed by atoms with Crippen molar-refractivity contribution in [2.75, 3.05) is 32.8 Å². The number of benzene rings is 1. The van der Waals surface area contributed by atoms with Crippen LogP contribution in [0.2, 0.25) is 0 Å². The van der Waals surface area contributed by atoms with Gasteiger partial charge in [-0.2, -0.15) is 0 Å². The molecule has 1 aliphatic rings. The predicted molar refractivity (Wildman–Crippen MR) is 84.0 cm³/mol. The predicted octanol–water partition coefficient (Wildman–Crippen LogP) is 2.23. The molecule has 1 aromatic rings. The lowest BCUT2D eigenvalue weighted by Crippen LogP contribution is -2.41. The molecule has 3 nitrogen and oxygen atoms in total. The van der Waals surface area contributed by atoms with E-state index in [1.165, 1.54) is 18.5 Å². The van der Waals surface area contributed by atoms with Crippen LogP contribution in [0, 0.1) is 0 Å². The molecule has 0 amide bonds. The Balaban J connectivity index is 1.82. The number of aliphatic hydroxyl groups is 1. The number of nitrogens with one attached hydrogen (secondary N) is 1. The molecule has 3 heteroatoms. The van der Waals surface area contributed by atoms with Crippen molar-refractivity contribution in [1.29, 1.82) is 0 Å². The minimum Gasteiger partial charge on any atom is -0.396 e. The lowest BCUT2D eigenvalue weighted by atomic mass is 9.99. The fraction of sp³-hybridized carbons (Fsp3) is 0.647. The molecule has 0 radical (unpaired) electrons. The van der Waals surface area contributed by atoms with Gasteiger partial charge < -0.3 is 15.3 Å². The van der Waals surface area contributed by atoms with Crippen LogP contribution in [0.1, 0.15) is 37.7 Å². The van der Waals surface area contributed by atoms with Crippen LogP contribution in [-0.4, -0.2) is 48.8 Å². The third-order valence-corrected chi connectivity index (χ3v) is 4.18. The van der Waals surface area contributed by atoms with E-state index in [1.54, 1.807) is 0 Å². The van der Waals surface area contributed by atoms with Crippen molar-refractivity contribution in [2.45, 2.75) is 38.1 Å². The van der Waals surface area contributed by atoms with Gasteiger partial charge in [-0.05, 0) is 43.8 Å². The zero-order valence-corrected chi connectivity index (χ0v) is 12.6. The first kappa shape index (κ1) is 15.5. The smallest absolute Gasteiger partial charge is 0.0446 e. The van der Waals surface area contributed by atoms with Crippen LogP contribution in [0.3, 0.4) is 0 Å². The Kier molecular flexibility index (Phi) is 6.51. The molecule has 2 atom stereocenters. The number of hydrogen-bond acceptors (Lipinski definition) is 3. The highest BCUT2D eigenvalue weighted by molar-refractivity contribution is 5.21. The summed E-state index contributed by atoms with van der Waals surface area (Å²) >= 11 is 0. The van der Waals surface area contributed by atoms with Gasteiger partial charge in [-0.25, -0.2) is 0 Å². The molecule has 0 saturated carbocycles. The van der Waals surface area contributed by atoms with Crippen molar-refractivity contribution in [3.05, 3.63) is 35.9 Å². The summed E-state index contributed by atoms with van der Waals surface area (Å²) in [7, 11) is 0. The minimum atomic E-state index is 0.275. The monoisotopic (exact) mass is 276 g/mol. The maximum atomic E-state index is 9.18. The Labute approximate surface area is 123 Å². The summed E-state index contributed by atoms with van der Waals surface area (Å²) in [4.78, 5) is 2.54. The van der Waals surface area contributed by atoms with E-state index in [2.05, 4.69) is 47.5 Å². The highest BCUT2D eigenvalue weighted by Gasteiger charge is 2.25. The molecule has 1 heterocycles. The van der Waals surface area contributed by atoms with Gasteiger partial charge in [0.25, 0.3) is 0 Å². The fourth-order valence-electron chi connectivity index (χ4n) is 3.07. The summed E-state index contributed by atoms with van der Waals surface area (Å²) in [6, 6.07) is 11.3. The van der Waals surface area contributed by atoms with Gasteiger partial charge in [-0.1, -0.05) is 37.3 Å². The number of hydrogen-bond donors (Lipinski definition) is 2. The van der Waals surface area contributed by atoms with Gasteiger partial charge in [0.2, 0.25) is 0 Å². The third kappa shape index (κ3) is 4.58. The molecule has 2 rings (SSSR count). The third-order valence-electron chi connectivity index (χ3n) is 4.18. The molecule has 20 heavy (non-hydrogen) atoms. The van der Waals surface area contributed by atoms with Gasteiger partial charge in [0, 0.05) is 25.7 Å². The summed E-state index contributed by atoms with van der Waals surface area (Å²) < 4.78 is 0. The van der Waals surface area contributed by atoms with Crippen molar-refractivity contribution in [1.82, 2.24) is 10.2 Å². The van der Waals surface area contributed by atoms with E-state index in [0.717, 1.165) is 32.5 Å². The molecule has 2 unspecified atom stereocenters. The van der Waals surface area contributed by atoms with E-state index < -0.39 is 0 Å². The number of likely N-dealkylation sites (tertiary alicyclic amines) is 1. The van der Waals surface area contributed by atoms with Gasteiger partial charge in [0.15, 0.2) is 0 Å². The van der Waals surface area contributed by atoms with Crippen molar-refractivity contribution in [3.8, 4) is 0 Å². The Morgan fingerprint density at radius 1 is 1.35 bits per heavy atom. The Morgan fingerprint density at radius 2 is 2.15 bits per heavy atom. The van der Waals surface area contributed by atoms with Crippen LogP contribution >= 0.6 is 0 Å². The SMILES string of the molecule is CCCNC(CCO)CN1CCC(c2ccccc2)C1. The van der Waals surface area contributed by atoms with E-state index in [9.17, 15) is 5.11 Å². The summed E-state index contributed by atoms with van der Waals surface area (Å²) in [6.45, 7) is 6.89. The van der Waals surface area contributed by atoms with E-state index in [1.807, 2.05) is 0 Å². The van der Waals surface area contributed by atoms with Crippen molar-refractivity contribution in [2.24, 2.45) is 0 Å². The molecule has 112 valence electrons. The molecule has 1 aliphatic heterocycles. The van der Waals surface area contributed by atoms with E-state index >= 15 is 0 Å². The number of rotatable bonds is 8. The first-order valence-electron chi connectivity index (χ1n) is 7.95. The maximum absolute atomic E-state index is 9.18. The van der Waals surface area contributed by atoms with Crippen LogP contribution in [-0.2, 0) is 0 Å². The topological polar surface area (TPSA) is 35.5 Å². The highest BCUT2D eigenvalue weighted by Crippen LogP contribution is 2.26. The maximum Gasteiger partial charge on any atom is 0.0446 e. The molecule has 1 saturated heterocycles. The Hall–Kier alpha value is -0.900. The summed E-state index contributed by atoms with van der Waals surface area (Å²) in [5.74, 6) is 0.678. The van der Waals surface area contributed by atoms with Crippen molar-refractivity contribution >= 4 is 0 Å². The second-order valence-corrected chi connectivity index (χ2v) is 5.82. The average molecular weight is 276 g/mol. The lowest BCUT2D eigenvalue weighted by Gasteiger charge is -2.24. The summed E-state index contributed by atoms with van der Waals surface area (Å²) in [6.07, 6.45) is 3.25. The van der Waals surface area contributed by atoms with Crippen LogP contribution < -0.4 is 5.32 Å². The van der Waals surface area contributed by atoms with Crippen LogP contribution in [0.25, 0.3) is 0 Å². The molecule has 1 aromatic carbocycles. The molecular formula is C17H28N2O. The van der Waals surface area contributed by atoms with Crippen LogP contribution in [0.15, 0.2) is 30.3 Å². The van der Waals surface area contributed by atoms with Gasteiger partial charge in [-0.3, -0.25) is 0 Å². The molecule has 2 N–H and O–H groups in total. The number of aliphatic hydroxyl groups excluding tert-OH is 1. The van der Waals surface area contributed by atoms with Gasteiger partial charge in [0.1, 0.15) is 0 Å². The first-order chi connectivity index (χ1) is 9.83.